The maximum Gasteiger partial charge on any atom is 0.259 e. The molecule has 1 aromatic rings. The van der Waals surface area contributed by atoms with Crippen molar-refractivity contribution in [1.82, 2.24) is 10.2 Å². The van der Waals surface area contributed by atoms with E-state index in [9.17, 15) is 4.79 Å². The number of thioether (sulfide) groups is 1. The molecule has 2 aliphatic heterocycles. The highest BCUT2D eigenvalue weighted by Gasteiger charge is 2.17. The molecule has 2 aliphatic rings. The Balaban J connectivity index is 1.62. The number of carbonyl (C=O) groups excluding carboxylic acids is 1. The number of nitrogens with one attached hydrogen (secondary N) is 1. The molecule has 6 heteroatoms. The van der Waals surface area contributed by atoms with E-state index < -0.39 is 0 Å². The summed E-state index contributed by atoms with van der Waals surface area (Å²) < 4.78 is 5.17. The van der Waals surface area contributed by atoms with Crippen molar-refractivity contribution in [3.8, 4) is 5.75 Å². The maximum atomic E-state index is 12.3. The number of allylic oxidation sites excluding steroid dienone is 1. The monoisotopic (exact) mass is 313 g/mol. The van der Waals surface area contributed by atoms with Crippen LogP contribution < -0.4 is 10.1 Å². The van der Waals surface area contributed by atoms with Gasteiger partial charge in [0, 0.05) is 24.4 Å². The standard InChI is InChI=1S/C16H15N3O2S/c1-21-14-4-2-3-12(7-14)8-18-16(20)15-9-19-11-17-6-5-13(19)10-22-15/h2-7,9-11H,8H2,1H3,(H,18,20). The van der Waals surface area contributed by atoms with Gasteiger partial charge in [-0.1, -0.05) is 23.9 Å². The molecule has 0 aliphatic carbocycles. The van der Waals surface area contributed by atoms with E-state index in [0.29, 0.717) is 11.4 Å². The summed E-state index contributed by atoms with van der Waals surface area (Å²) in [4.78, 5) is 18.8. The largest absolute Gasteiger partial charge is 0.497 e. The molecule has 0 bridgehead atoms. The van der Waals surface area contributed by atoms with Gasteiger partial charge in [-0.3, -0.25) is 4.79 Å². The molecule has 1 amide bonds. The van der Waals surface area contributed by atoms with E-state index in [1.807, 2.05) is 40.6 Å². The number of methoxy groups -OCH3 is 1. The van der Waals surface area contributed by atoms with Gasteiger partial charge >= 0.3 is 0 Å². The number of hydrogen-bond donors (Lipinski definition) is 1. The highest BCUT2D eigenvalue weighted by atomic mass is 32.2. The van der Waals surface area contributed by atoms with Crippen LogP contribution in [0.5, 0.6) is 5.75 Å². The highest BCUT2D eigenvalue weighted by molar-refractivity contribution is 8.06. The Hall–Kier alpha value is -2.47. The molecule has 0 unspecified atom stereocenters. The van der Waals surface area contributed by atoms with E-state index in [1.54, 1.807) is 25.8 Å². The molecule has 1 N–H and O–H groups in total. The lowest BCUT2D eigenvalue weighted by molar-refractivity contribution is -0.117. The number of carbonyl (C=O) groups is 1. The lowest BCUT2D eigenvalue weighted by Crippen LogP contribution is -2.27. The fourth-order valence-electron chi connectivity index (χ4n) is 2.04. The average molecular weight is 313 g/mol. The predicted molar refractivity (Wildman–Crippen MR) is 88.1 cm³/mol. The van der Waals surface area contributed by atoms with Crippen LogP contribution in [0, 0.1) is 0 Å². The van der Waals surface area contributed by atoms with Crippen molar-refractivity contribution in [2.45, 2.75) is 6.54 Å². The third-order valence-corrected chi connectivity index (χ3v) is 4.10. The van der Waals surface area contributed by atoms with Crippen molar-refractivity contribution in [2.75, 3.05) is 7.11 Å². The predicted octanol–water partition coefficient (Wildman–Crippen LogP) is 2.60. The highest BCUT2D eigenvalue weighted by Crippen LogP contribution is 2.28. The van der Waals surface area contributed by atoms with Crippen molar-refractivity contribution in [2.24, 2.45) is 4.99 Å². The van der Waals surface area contributed by atoms with Gasteiger partial charge in [-0.15, -0.1) is 0 Å². The number of ether oxygens (including phenoxy) is 1. The van der Waals surface area contributed by atoms with E-state index in [4.69, 9.17) is 4.74 Å². The van der Waals surface area contributed by atoms with E-state index in [2.05, 4.69) is 10.3 Å². The molecule has 22 heavy (non-hydrogen) atoms. The van der Waals surface area contributed by atoms with Crippen LogP contribution in [-0.4, -0.2) is 24.3 Å². The molecule has 2 heterocycles. The van der Waals surface area contributed by atoms with Gasteiger partial charge in [0.25, 0.3) is 5.91 Å². The van der Waals surface area contributed by atoms with Crippen LogP contribution in [0.25, 0.3) is 0 Å². The van der Waals surface area contributed by atoms with Gasteiger partial charge in [0.15, 0.2) is 0 Å². The second-order valence-corrected chi connectivity index (χ2v) is 5.59. The van der Waals surface area contributed by atoms with E-state index in [0.717, 1.165) is 17.0 Å². The average Bonchev–Trinajstić information content (AvgIpc) is 2.59. The van der Waals surface area contributed by atoms with Crippen molar-refractivity contribution in [3.63, 3.8) is 0 Å². The van der Waals surface area contributed by atoms with E-state index in [-0.39, 0.29) is 5.91 Å². The second-order valence-electron chi connectivity index (χ2n) is 4.68. The van der Waals surface area contributed by atoms with Crippen LogP contribution in [0.3, 0.4) is 0 Å². The lowest BCUT2D eigenvalue weighted by Gasteiger charge is -2.23. The number of aliphatic imine (C=N–C) groups is 1. The topological polar surface area (TPSA) is 53.9 Å². The zero-order chi connectivity index (χ0) is 15.4. The summed E-state index contributed by atoms with van der Waals surface area (Å²) in [6.45, 7) is 0.457. The number of rotatable bonds is 4. The smallest absolute Gasteiger partial charge is 0.259 e. The van der Waals surface area contributed by atoms with Gasteiger partial charge in [-0.2, -0.15) is 0 Å². The van der Waals surface area contributed by atoms with Gasteiger partial charge < -0.3 is 15.0 Å². The Morgan fingerprint density at radius 3 is 3.23 bits per heavy atom. The van der Waals surface area contributed by atoms with Crippen LogP contribution in [-0.2, 0) is 11.3 Å². The molecule has 0 radical (unpaired) electrons. The van der Waals surface area contributed by atoms with Crippen molar-refractivity contribution in [1.29, 1.82) is 0 Å². The Kier molecular flexibility index (Phi) is 4.29. The Bertz CT molecular complexity index is 707. The normalized spacial score (nSPS) is 15.8. The molecular formula is C16H15N3O2S. The maximum absolute atomic E-state index is 12.3. The van der Waals surface area contributed by atoms with Crippen LogP contribution in [0.4, 0.5) is 0 Å². The second kappa shape index (κ2) is 6.53. The lowest BCUT2D eigenvalue weighted by atomic mass is 10.2. The van der Waals surface area contributed by atoms with E-state index >= 15 is 0 Å². The molecule has 0 saturated heterocycles. The molecular weight excluding hydrogens is 298 g/mol. The van der Waals surface area contributed by atoms with E-state index in [1.165, 1.54) is 11.8 Å². The van der Waals surface area contributed by atoms with Crippen molar-refractivity contribution in [3.05, 3.63) is 64.3 Å². The molecule has 1 aromatic carbocycles. The van der Waals surface area contributed by atoms with Crippen molar-refractivity contribution >= 4 is 24.0 Å². The van der Waals surface area contributed by atoms with Gasteiger partial charge in [0.05, 0.1) is 24.1 Å². The number of fused-ring (bicyclic) bond motifs is 1. The number of amides is 1. The zero-order valence-corrected chi connectivity index (χ0v) is 12.8. The van der Waals surface area contributed by atoms with Gasteiger partial charge in [0.1, 0.15) is 5.75 Å². The summed E-state index contributed by atoms with van der Waals surface area (Å²) >= 11 is 1.41. The molecule has 3 rings (SSSR count). The molecule has 112 valence electrons. The molecule has 0 atom stereocenters. The first kappa shape index (κ1) is 14.5. The number of nitrogens with zero attached hydrogens (tertiary/aromatic N) is 2. The Labute approximate surface area is 133 Å². The first-order valence-corrected chi connectivity index (χ1v) is 7.62. The summed E-state index contributed by atoms with van der Waals surface area (Å²) in [5, 5.41) is 4.85. The molecule has 0 saturated carbocycles. The summed E-state index contributed by atoms with van der Waals surface area (Å²) in [5.41, 5.74) is 2.00. The first-order chi connectivity index (χ1) is 10.8. The third-order valence-electron chi connectivity index (χ3n) is 3.19. The zero-order valence-electron chi connectivity index (χ0n) is 12.0. The van der Waals surface area contributed by atoms with Gasteiger partial charge in [0.2, 0.25) is 0 Å². The number of hydrogen-bond acceptors (Lipinski definition) is 5. The number of benzene rings is 1. The van der Waals surface area contributed by atoms with Crippen LogP contribution in [0.15, 0.2) is 63.7 Å². The molecule has 5 nitrogen and oxygen atoms in total. The summed E-state index contributed by atoms with van der Waals surface area (Å²) in [5.74, 6) is 0.674. The minimum Gasteiger partial charge on any atom is -0.497 e. The molecule has 0 fully saturated rings. The van der Waals surface area contributed by atoms with Crippen LogP contribution in [0.2, 0.25) is 0 Å². The fraction of sp³-hybridized carbons (Fsp3) is 0.125. The van der Waals surface area contributed by atoms with Crippen LogP contribution in [0.1, 0.15) is 5.56 Å². The fourth-order valence-corrected chi connectivity index (χ4v) is 2.84. The molecule has 0 aromatic heterocycles. The van der Waals surface area contributed by atoms with Crippen molar-refractivity contribution < 1.29 is 9.53 Å². The molecule has 0 spiro atoms. The SMILES string of the molecule is COc1cccc(CNC(=O)C2=CN3C=NC=CC3=CS2)c1. The van der Waals surface area contributed by atoms with Gasteiger partial charge in [-0.05, 0) is 23.8 Å². The van der Waals surface area contributed by atoms with Gasteiger partial charge in [-0.25, -0.2) is 4.99 Å². The summed E-state index contributed by atoms with van der Waals surface area (Å²) in [6.07, 6.45) is 7.09. The summed E-state index contributed by atoms with van der Waals surface area (Å²) in [7, 11) is 1.62. The minimum atomic E-state index is -0.105. The Morgan fingerprint density at radius 2 is 2.36 bits per heavy atom. The third kappa shape index (κ3) is 3.23. The quantitative estimate of drug-likeness (QED) is 0.928. The van der Waals surface area contributed by atoms with Crippen LogP contribution >= 0.6 is 11.8 Å². The Morgan fingerprint density at radius 1 is 1.45 bits per heavy atom. The first-order valence-electron chi connectivity index (χ1n) is 6.74. The minimum absolute atomic E-state index is 0.105. The summed E-state index contributed by atoms with van der Waals surface area (Å²) in [6, 6.07) is 7.63.